The molecular weight excluding hydrogens is 453 g/mol. The van der Waals surface area contributed by atoms with E-state index in [1.807, 2.05) is 50.5 Å². The number of nitrogens with one attached hydrogen (secondary N) is 1. The van der Waals surface area contributed by atoms with Crippen LogP contribution in [0.25, 0.3) is 27.7 Å². The van der Waals surface area contributed by atoms with Crippen LogP contribution in [0, 0.1) is 25.6 Å². The minimum absolute atomic E-state index is 0.157. The number of aromatic nitrogens is 4. The van der Waals surface area contributed by atoms with Crippen molar-refractivity contribution in [1.29, 1.82) is 0 Å². The van der Waals surface area contributed by atoms with Gasteiger partial charge in [0.25, 0.3) is 0 Å². The summed E-state index contributed by atoms with van der Waals surface area (Å²) in [4.78, 5) is 0. The van der Waals surface area contributed by atoms with Crippen LogP contribution in [0.4, 0.5) is 10.1 Å². The quantitative estimate of drug-likeness (QED) is 0.451. The van der Waals surface area contributed by atoms with Gasteiger partial charge in [-0.05, 0) is 81.3 Å². The molecule has 6 rings (SSSR count). The number of hydrogen-bond donors (Lipinski definition) is 1. The van der Waals surface area contributed by atoms with Gasteiger partial charge in [-0.2, -0.15) is 0 Å². The van der Waals surface area contributed by atoms with Gasteiger partial charge < -0.3 is 5.32 Å². The molecule has 7 nitrogen and oxygen atoms in total. The van der Waals surface area contributed by atoms with Crippen molar-refractivity contribution in [3.05, 3.63) is 59.6 Å². The summed E-state index contributed by atoms with van der Waals surface area (Å²) < 4.78 is 44.9. The van der Waals surface area contributed by atoms with E-state index in [4.69, 9.17) is 0 Å². The lowest BCUT2D eigenvalue weighted by Gasteiger charge is -2.35. The van der Waals surface area contributed by atoms with E-state index in [2.05, 4.69) is 15.5 Å². The van der Waals surface area contributed by atoms with Gasteiger partial charge in [0.2, 0.25) is 10.0 Å². The molecule has 176 valence electrons. The number of anilines is 1. The number of fused-ring (bicyclic) bond motifs is 4. The molecule has 2 aromatic carbocycles. The fraction of sp³-hybridized carbons (Fsp3) is 0.360. The zero-order chi connectivity index (χ0) is 24.0. The SMILES string of the molecule is Cc1c(-c2cccc3c2ccn3S(=O)(=O)CC2CC2)cc(F)c2c1-n1c(C)nnc1C(C)(C)N2. The molecule has 0 bridgehead atoms. The van der Waals surface area contributed by atoms with Crippen LogP contribution < -0.4 is 5.32 Å². The highest BCUT2D eigenvalue weighted by molar-refractivity contribution is 7.90. The van der Waals surface area contributed by atoms with Gasteiger partial charge in [0.15, 0.2) is 5.82 Å². The zero-order valence-electron chi connectivity index (χ0n) is 19.6. The lowest BCUT2D eigenvalue weighted by molar-refractivity contribution is 0.521. The summed E-state index contributed by atoms with van der Waals surface area (Å²) in [6.45, 7) is 7.71. The molecule has 1 aliphatic heterocycles. The molecule has 1 fully saturated rings. The molecular formula is C25H26FN5O2S. The van der Waals surface area contributed by atoms with E-state index in [0.717, 1.165) is 29.4 Å². The van der Waals surface area contributed by atoms with E-state index < -0.39 is 15.6 Å². The van der Waals surface area contributed by atoms with Crippen molar-refractivity contribution < 1.29 is 12.8 Å². The first kappa shape index (κ1) is 21.3. The van der Waals surface area contributed by atoms with Gasteiger partial charge in [0, 0.05) is 11.6 Å². The third-order valence-electron chi connectivity index (χ3n) is 6.98. The van der Waals surface area contributed by atoms with Gasteiger partial charge in [0.1, 0.15) is 11.6 Å². The molecule has 4 aromatic rings. The first-order valence-corrected chi connectivity index (χ1v) is 13.1. The van der Waals surface area contributed by atoms with Crippen molar-refractivity contribution >= 4 is 26.6 Å². The van der Waals surface area contributed by atoms with E-state index in [9.17, 15) is 8.42 Å². The minimum Gasteiger partial charge on any atom is -0.369 e. The largest absolute Gasteiger partial charge is 0.369 e. The number of benzene rings is 2. The maximum Gasteiger partial charge on any atom is 0.239 e. The Labute approximate surface area is 197 Å². The maximum absolute atomic E-state index is 15.6. The molecule has 3 heterocycles. The topological polar surface area (TPSA) is 81.8 Å². The number of rotatable bonds is 4. The predicted molar refractivity (Wildman–Crippen MR) is 130 cm³/mol. The fourth-order valence-corrected chi connectivity index (χ4v) is 6.89. The summed E-state index contributed by atoms with van der Waals surface area (Å²) in [5.41, 5.74) is 3.48. The van der Waals surface area contributed by atoms with Crippen LogP contribution in [0.15, 0.2) is 36.5 Å². The van der Waals surface area contributed by atoms with Crippen LogP contribution >= 0.6 is 0 Å². The third kappa shape index (κ3) is 3.02. The number of halogens is 1. The average molecular weight is 480 g/mol. The Kier molecular flexibility index (Phi) is 4.34. The van der Waals surface area contributed by atoms with E-state index >= 15 is 4.39 Å². The van der Waals surface area contributed by atoms with Crippen LogP contribution in [0.2, 0.25) is 0 Å². The first-order chi connectivity index (χ1) is 16.1. The van der Waals surface area contributed by atoms with Crippen molar-refractivity contribution in [2.75, 3.05) is 11.1 Å². The van der Waals surface area contributed by atoms with Gasteiger partial charge in [-0.15, -0.1) is 10.2 Å². The summed E-state index contributed by atoms with van der Waals surface area (Å²) >= 11 is 0. The third-order valence-corrected chi connectivity index (χ3v) is 8.79. The minimum atomic E-state index is -3.45. The molecule has 9 heteroatoms. The van der Waals surface area contributed by atoms with Crippen LogP contribution in [-0.4, -0.2) is 32.9 Å². The Bertz CT molecular complexity index is 1600. The summed E-state index contributed by atoms with van der Waals surface area (Å²) in [7, 11) is -3.45. The Morgan fingerprint density at radius 3 is 2.65 bits per heavy atom. The molecule has 0 spiro atoms. The molecule has 2 aliphatic rings. The van der Waals surface area contributed by atoms with E-state index in [1.165, 1.54) is 10.0 Å². The van der Waals surface area contributed by atoms with Crippen molar-refractivity contribution in [2.45, 2.75) is 46.1 Å². The summed E-state index contributed by atoms with van der Waals surface area (Å²) in [5, 5.41) is 12.7. The molecule has 0 amide bonds. The van der Waals surface area contributed by atoms with Crippen molar-refractivity contribution in [3.8, 4) is 16.8 Å². The average Bonchev–Trinajstić information content (AvgIpc) is 3.29. The van der Waals surface area contributed by atoms with E-state index in [1.54, 1.807) is 12.3 Å². The second-order valence-electron chi connectivity index (χ2n) is 9.98. The van der Waals surface area contributed by atoms with Gasteiger partial charge in [0.05, 0.1) is 28.2 Å². The molecule has 1 N–H and O–H groups in total. The van der Waals surface area contributed by atoms with E-state index in [-0.39, 0.29) is 17.5 Å². The second kappa shape index (κ2) is 6.91. The van der Waals surface area contributed by atoms with Crippen LogP contribution in [0.1, 0.15) is 43.9 Å². The van der Waals surface area contributed by atoms with Crippen LogP contribution in [0.3, 0.4) is 0 Å². The standard InChI is InChI=1S/C25H26FN5O2S/c1-14-19(12-20(26)22-23(14)31-15(2)28-29-24(31)25(3,4)27-22)17-6-5-7-21-18(17)10-11-30(21)34(32,33)13-16-8-9-16/h5-7,10-12,16,27H,8-9,13H2,1-4H3. The normalized spacial score (nSPS) is 16.9. The van der Waals surface area contributed by atoms with Gasteiger partial charge in [-0.3, -0.25) is 4.57 Å². The van der Waals surface area contributed by atoms with Crippen molar-refractivity contribution in [1.82, 2.24) is 18.7 Å². The Morgan fingerprint density at radius 1 is 1.15 bits per heavy atom. The molecule has 1 saturated carbocycles. The molecule has 1 aliphatic carbocycles. The van der Waals surface area contributed by atoms with Crippen LogP contribution in [-0.2, 0) is 15.6 Å². The van der Waals surface area contributed by atoms with Gasteiger partial charge in [-0.25, -0.2) is 16.8 Å². The zero-order valence-corrected chi connectivity index (χ0v) is 20.4. The summed E-state index contributed by atoms with van der Waals surface area (Å²) in [6.07, 6.45) is 3.54. The van der Waals surface area contributed by atoms with Crippen molar-refractivity contribution in [2.24, 2.45) is 5.92 Å². The lowest BCUT2D eigenvalue weighted by atomic mass is 9.92. The lowest BCUT2D eigenvalue weighted by Crippen LogP contribution is -2.37. The molecule has 0 atom stereocenters. The smallest absolute Gasteiger partial charge is 0.239 e. The molecule has 34 heavy (non-hydrogen) atoms. The van der Waals surface area contributed by atoms with Crippen LogP contribution in [0.5, 0.6) is 0 Å². The van der Waals surface area contributed by atoms with E-state index in [0.29, 0.717) is 34.1 Å². The predicted octanol–water partition coefficient (Wildman–Crippen LogP) is 4.89. The molecule has 0 saturated heterocycles. The van der Waals surface area contributed by atoms with Gasteiger partial charge in [-0.1, -0.05) is 12.1 Å². The van der Waals surface area contributed by atoms with Gasteiger partial charge >= 0.3 is 0 Å². The number of aryl methyl sites for hydroxylation is 1. The second-order valence-corrected chi connectivity index (χ2v) is 11.9. The fourth-order valence-electron chi connectivity index (χ4n) is 5.10. The highest BCUT2D eigenvalue weighted by Crippen LogP contribution is 2.44. The maximum atomic E-state index is 15.6. The van der Waals surface area contributed by atoms with Crippen molar-refractivity contribution in [3.63, 3.8) is 0 Å². The molecule has 0 radical (unpaired) electrons. The summed E-state index contributed by atoms with van der Waals surface area (Å²) in [5.74, 6) is 1.43. The number of nitrogens with zero attached hydrogens (tertiary/aromatic N) is 4. The Hall–Kier alpha value is -3.20. The highest BCUT2D eigenvalue weighted by Gasteiger charge is 2.37. The molecule has 0 unspecified atom stereocenters. The number of hydrogen-bond acceptors (Lipinski definition) is 5. The highest BCUT2D eigenvalue weighted by atomic mass is 32.2. The first-order valence-electron chi connectivity index (χ1n) is 11.5. The molecule has 2 aromatic heterocycles. The Balaban J connectivity index is 1.57. The monoisotopic (exact) mass is 479 g/mol. The summed E-state index contributed by atoms with van der Waals surface area (Å²) in [6, 6.07) is 8.89. The Morgan fingerprint density at radius 2 is 1.91 bits per heavy atom.